The number of aromatic nitrogens is 4. The van der Waals surface area contributed by atoms with E-state index in [1.807, 2.05) is 0 Å². The topological polar surface area (TPSA) is 112 Å². The maximum atomic E-state index is 14.8. The van der Waals surface area contributed by atoms with Crippen LogP contribution < -0.4 is 5.73 Å². The van der Waals surface area contributed by atoms with Crippen LogP contribution in [0, 0.1) is 5.82 Å². The van der Waals surface area contributed by atoms with Gasteiger partial charge in [0.05, 0.1) is 11.1 Å². The fourth-order valence-corrected chi connectivity index (χ4v) is 4.23. The van der Waals surface area contributed by atoms with Crippen molar-refractivity contribution < 1.29 is 12.8 Å². The lowest BCUT2D eigenvalue weighted by Crippen LogP contribution is -2.06. The van der Waals surface area contributed by atoms with Crippen LogP contribution in [-0.2, 0) is 9.84 Å². The van der Waals surface area contributed by atoms with Crippen LogP contribution in [0.2, 0.25) is 0 Å². The number of hydrogen-bond donors (Lipinski definition) is 1. The number of halogens is 1. The highest BCUT2D eigenvalue weighted by molar-refractivity contribution is 7.91. The van der Waals surface area contributed by atoms with Crippen LogP contribution in [-0.4, -0.2) is 28.4 Å². The molecule has 0 saturated heterocycles. The van der Waals surface area contributed by atoms with Crippen molar-refractivity contribution in [2.45, 2.75) is 9.92 Å². The molecule has 0 fully saturated rings. The van der Waals surface area contributed by atoms with Crippen LogP contribution in [0.5, 0.6) is 0 Å². The van der Waals surface area contributed by atoms with Crippen LogP contribution in [0.15, 0.2) is 83.4 Å². The molecule has 0 spiro atoms. The number of hydrogen-bond acceptors (Lipinski definition) is 7. The first-order valence-electron chi connectivity index (χ1n) is 8.45. The zero-order valence-corrected chi connectivity index (χ0v) is 15.7. The molecule has 7 nitrogen and oxygen atoms in total. The third-order valence-electron chi connectivity index (χ3n) is 4.25. The predicted molar refractivity (Wildman–Crippen MR) is 105 cm³/mol. The van der Waals surface area contributed by atoms with E-state index in [9.17, 15) is 12.8 Å². The second-order valence-corrected chi connectivity index (χ2v) is 7.93. The Morgan fingerprint density at radius 2 is 1.59 bits per heavy atom. The SMILES string of the molecule is Nc1ncc(-c2ccc(-c3ccccc3S(=O)(=O)c3cnccn3)cc2F)cn1. The predicted octanol–water partition coefficient (Wildman–Crippen LogP) is 3.15. The molecule has 9 heteroatoms. The third kappa shape index (κ3) is 3.55. The van der Waals surface area contributed by atoms with Gasteiger partial charge in [-0.05, 0) is 17.7 Å². The molecule has 4 aromatic rings. The zero-order chi connectivity index (χ0) is 20.4. The van der Waals surface area contributed by atoms with Gasteiger partial charge in [0.2, 0.25) is 15.8 Å². The van der Waals surface area contributed by atoms with E-state index in [1.54, 1.807) is 30.3 Å². The van der Waals surface area contributed by atoms with E-state index in [0.717, 1.165) is 0 Å². The summed E-state index contributed by atoms with van der Waals surface area (Å²) in [5, 5.41) is -0.177. The van der Waals surface area contributed by atoms with Gasteiger partial charge in [0.15, 0.2) is 5.03 Å². The van der Waals surface area contributed by atoms with Crippen molar-refractivity contribution in [3.8, 4) is 22.3 Å². The highest BCUT2D eigenvalue weighted by Gasteiger charge is 2.23. The van der Waals surface area contributed by atoms with Gasteiger partial charge >= 0.3 is 0 Å². The Bertz CT molecular complexity index is 1280. The Hall–Kier alpha value is -3.72. The maximum Gasteiger partial charge on any atom is 0.226 e. The Morgan fingerprint density at radius 1 is 0.828 bits per heavy atom. The third-order valence-corrected chi connectivity index (χ3v) is 5.95. The molecule has 4 rings (SSSR count). The summed E-state index contributed by atoms with van der Waals surface area (Å²) in [5.74, 6) is -0.448. The quantitative estimate of drug-likeness (QED) is 0.553. The minimum absolute atomic E-state index is 0.0171. The summed E-state index contributed by atoms with van der Waals surface area (Å²) in [7, 11) is -3.93. The van der Waals surface area contributed by atoms with Crippen molar-refractivity contribution in [3.63, 3.8) is 0 Å². The molecule has 0 aliphatic rings. The number of sulfone groups is 1. The van der Waals surface area contributed by atoms with E-state index in [-0.39, 0.29) is 21.4 Å². The lowest BCUT2D eigenvalue weighted by atomic mass is 10.0. The molecule has 0 unspecified atom stereocenters. The Morgan fingerprint density at radius 3 is 2.28 bits per heavy atom. The lowest BCUT2D eigenvalue weighted by Gasteiger charge is -2.11. The highest BCUT2D eigenvalue weighted by atomic mass is 32.2. The first-order valence-corrected chi connectivity index (χ1v) is 9.93. The fraction of sp³-hybridized carbons (Fsp3) is 0. The van der Waals surface area contributed by atoms with Crippen LogP contribution >= 0.6 is 0 Å². The van der Waals surface area contributed by atoms with E-state index < -0.39 is 15.7 Å². The Kier molecular flexibility index (Phi) is 4.73. The first-order chi connectivity index (χ1) is 14.0. The van der Waals surface area contributed by atoms with Gasteiger partial charge in [0.1, 0.15) is 5.82 Å². The molecule has 0 amide bonds. The maximum absolute atomic E-state index is 14.8. The molecule has 0 aliphatic carbocycles. The standard InChI is InChI=1S/C20H14FN5O2S/c21-17-9-13(5-6-15(17)14-10-25-20(22)26-11-14)16-3-1-2-4-18(16)29(27,28)19-12-23-7-8-24-19/h1-12H,(H2,22,25,26). The molecule has 2 N–H and O–H groups in total. The molecule has 0 atom stereocenters. The van der Waals surface area contributed by atoms with Gasteiger partial charge in [-0.3, -0.25) is 4.98 Å². The van der Waals surface area contributed by atoms with Gasteiger partial charge in [0, 0.05) is 41.5 Å². The van der Waals surface area contributed by atoms with Gasteiger partial charge in [-0.25, -0.2) is 27.8 Å². The fourth-order valence-electron chi connectivity index (χ4n) is 2.87. The van der Waals surface area contributed by atoms with Crippen LogP contribution in [0.1, 0.15) is 0 Å². The second kappa shape index (κ2) is 7.36. The van der Waals surface area contributed by atoms with Gasteiger partial charge < -0.3 is 5.73 Å². The normalized spacial score (nSPS) is 11.3. The van der Waals surface area contributed by atoms with Gasteiger partial charge in [-0.15, -0.1) is 0 Å². The molecule has 2 aromatic carbocycles. The molecule has 0 aliphatic heterocycles. The monoisotopic (exact) mass is 407 g/mol. The van der Waals surface area contributed by atoms with E-state index in [4.69, 9.17) is 5.73 Å². The van der Waals surface area contributed by atoms with E-state index in [0.29, 0.717) is 16.7 Å². The van der Waals surface area contributed by atoms with E-state index in [2.05, 4.69) is 19.9 Å². The molecule has 144 valence electrons. The van der Waals surface area contributed by atoms with E-state index >= 15 is 0 Å². The number of nitrogens with zero attached hydrogens (tertiary/aromatic N) is 4. The van der Waals surface area contributed by atoms with Gasteiger partial charge in [0.25, 0.3) is 0 Å². The first kappa shape index (κ1) is 18.6. The summed E-state index contributed by atoms with van der Waals surface area (Å²) in [6.45, 7) is 0. The summed E-state index contributed by atoms with van der Waals surface area (Å²) in [5.41, 5.74) is 6.97. The molecule has 2 heterocycles. The second-order valence-electron chi connectivity index (χ2n) is 6.07. The van der Waals surface area contributed by atoms with Crippen LogP contribution in [0.4, 0.5) is 10.3 Å². The average Bonchev–Trinajstić information content (AvgIpc) is 2.75. The van der Waals surface area contributed by atoms with Crippen molar-refractivity contribution in [2.24, 2.45) is 0 Å². The van der Waals surface area contributed by atoms with E-state index in [1.165, 1.54) is 43.1 Å². The summed E-state index contributed by atoms with van der Waals surface area (Å²) in [4.78, 5) is 15.5. The molecular formula is C20H14FN5O2S. The van der Waals surface area contributed by atoms with Crippen LogP contribution in [0.25, 0.3) is 22.3 Å². The minimum atomic E-state index is -3.93. The van der Waals surface area contributed by atoms with Crippen molar-refractivity contribution >= 4 is 15.8 Å². The largest absolute Gasteiger partial charge is 0.368 e. The van der Waals surface area contributed by atoms with Crippen molar-refractivity contribution in [3.05, 3.63) is 79.3 Å². The molecule has 2 aromatic heterocycles. The summed E-state index contributed by atoms with van der Waals surface area (Å²) >= 11 is 0. The molecule has 0 saturated carbocycles. The highest BCUT2D eigenvalue weighted by Crippen LogP contribution is 2.33. The Balaban J connectivity index is 1.81. The number of anilines is 1. The molecular weight excluding hydrogens is 393 g/mol. The Labute approximate surface area is 166 Å². The van der Waals surface area contributed by atoms with Crippen LogP contribution in [0.3, 0.4) is 0 Å². The van der Waals surface area contributed by atoms with Gasteiger partial charge in [-0.2, -0.15) is 0 Å². The number of rotatable bonds is 4. The summed E-state index contributed by atoms with van der Waals surface area (Å²) in [6, 6.07) is 10.8. The molecule has 29 heavy (non-hydrogen) atoms. The lowest BCUT2D eigenvalue weighted by molar-refractivity contribution is 0.592. The van der Waals surface area contributed by atoms with Crippen molar-refractivity contribution in [1.82, 2.24) is 19.9 Å². The number of benzene rings is 2. The smallest absolute Gasteiger partial charge is 0.226 e. The molecule has 0 radical (unpaired) electrons. The number of nitrogen functional groups attached to an aromatic ring is 1. The molecule has 0 bridgehead atoms. The zero-order valence-electron chi connectivity index (χ0n) is 14.9. The number of nitrogens with two attached hydrogens (primary N) is 1. The summed E-state index contributed by atoms with van der Waals surface area (Å²) in [6.07, 6.45) is 6.72. The van der Waals surface area contributed by atoms with Crippen molar-refractivity contribution in [1.29, 1.82) is 0 Å². The average molecular weight is 407 g/mol. The summed E-state index contributed by atoms with van der Waals surface area (Å²) < 4.78 is 40.8. The van der Waals surface area contributed by atoms with Gasteiger partial charge in [-0.1, -0.05) is 30.3 Å². The van der Waals surface area contributed by atoms with Crippen molar-refractivity contribution in [2.75, 3.05) is 5.73 Å². The minimum Gasteiger partial charge on any atom is -0.368 e.